The first kappa shape index (κ1) is 25.9. The largest absolute Gasteiger partial charge is 0.392 e. The Kier molecular flexibility index (Phi) is 10.6. The van der Waals surface area contributed by atoms with Gasteiger partial charge in [0.05, 0.1) is 6.61 Å². The van der Waals surface area contributed by atoms with Crippen molar-refractivity contribution in [1.29, 1.82) is 0 Å². The summed E-state index contributed by atoms with van der Waals surface area (Å²) in [5.74, 6) is 0. The van der Waals surface area contributed by atoms with Crippen LogP contribution in [0.1, 0.15) is 92.3 Å². The van der Waals surface area contributed by atoms with Crippen LogP contribution in [-0.4, -0.2) is 11.4 Å². The van der Waals surface area contributed by atoms with Gasteiger partial charge >= 0.3 is 0 Å². The van der Waals surface area contributed by atoms with Gasteiger partial charge in [0.2, 0.25) is 0 Å². The van der Waals surface area contributed by atoms with Gasteiger partial charge in [-0.25, -0.2) is 0 Å². The lowest BCUT2D eigenvalue weighted by Crippen LogP contribution is -1.99. The number of hydrogen-bond donors (Lipinski definition) is 1. The van der Waals surface area contributed by atoms with Crippen LogP contribution in [0.25, 0.3) is 22.3 Å². The first-order valence-electron chi connectivity index (χ1n) is 13.1. The smallest absolute Gasteiger partial charge is 0.150 e. The fraction of sp³-hybridized carbons (Fsp3) is 0.406. The number of aliphatic hydroxyl groups excluding tert-OH is 1. The zero-order chi connectivity index (χ0) is 24.2. The van der Waals surface area contributed by atoms with E-state index in [1.807, 2.05) is 24.3 Å². The lowest BCUT2D eigenvalue weighted by Gasteiger charge is -2.18. The van der Waals surface area contributed by atoms with Crippen LogP contribution in [0.5, 0.6) is 0 Å². The fourth-order valence-corrected chi connectivity index (χ4v) is 4.66. The average molecular weight is 457 g/mol. The van der Waals surface area contributed by atoms with Crippen LogP contribution in [0.3, 0.4) is 0 Å². The summed E-state index contributed by atoms with van der Waals surface area (Å²) in [6, 6.07) is 21.2. The first-order valence-corrected chi connectivity index (χ1v) is 13.1. The molecule has 3 rings (SSSR count). The summed E-state index contributed by atoms with van der Waals surface area (Å²) in [5, 5.41) is 9.48. The van der Waals surface area contributed by atoms with E-state index in [1.165, 1.54) is 84.7 Å². The molecule has 3 aromatic rings. The van der Waals surface area contributed by atoms with Crippen LogP contribution in [0.4, 0.5) is 0 Å². The molecule has 0 heterocycles. The van der Waals surface area contributed by atoms with E-state index in [1.54, 1.807) is 0 Å². The molecule has 0 aromatic heterocycles. The maximum atomic E-state index is 11.2. The molecule has 2 nitrogen and oxygen atoms in total. The summed E-state index contributed by atoms with van der Waals surface area (Å²) >= 11 is 0. The lowest BCUT2D eigenvalue weighted by atomic mass is 9.86. The molecule has 0 amide bonds. The first-order chi connectivity index (χ1) is 16.7. The molecular formula is C32H40O2. The molecular weight excluding hydrogens is 416 g/mol. The second-order valence-electron chi connectivity index (χ2n) is 9.38. The van der Waals surface area contributed by atoms with Crippen molar-refractivity contribution in [2.75, 3.05) is 0 Å². The van der Waals surface area contributed by atoms with Crippen LogP contribution in [0.2, 0.25) is 0 Å². The second kappa shape index (κ2) is 13.9. The Morgan fingerprint density at radius 3 is 1.53 bits per heavy atom. The molecule has 0 fully saturated rings. The molecule has 1 N–H and O–H groups in total. The van der Waals surface area contributed by atoms with Gasteiger partial charge < -0.3 is 5.11 Å². The molecule has 0 bridgehead atoms. The van der Waals surface area contributed by atoms with Gasteiger partial charge in [0.25, 0.3) is 0 Å². The molecule has 180 valence electrons. The minimum atomic E-state index is 0.0720. The van der Waals surface area contributed by atoms with Gasteiger partial charge in [-0.3, -0.25) is 4.79 Å². The van der Waals surface area contributed by atoms with Crippen molar-refractivity contribution in [3.8, 4) is 22.3 Å². The Morgan fingerprint density at radius 1 is 0.647 bits per heavy atom. The summed E-state index contributed by atoms with van der Waals surface area (Å²) in [6.07, 6.45) is 12.9. The van der Waals surface area contributed by atoms with Gasteiger partial charge in [0.1, 0.15) is 6.29 Å². The van der Waals surface area contributed by atoms with Gasteiger partial charge in [0, 0.05) is 5.56 Å². The van der Waals surface area contributed by atoms with Gasteiger partial charge in [-0.15, -0.1) is 0 Å². The molecule has 34 heavy (non-hydrogen) atoms. The third-order valence-electron chi connectivity index (χ3n) is 6.73. The molecule has 0 aliphatic rings. The summed E-state index contributed by atoms with van der Waals surface area (Å²) in [6.45, 7) is 4.58. The third-order valence-corrected chi connectivity index (χ3v) is 6.73. The van der Waals surface area contributed by atoms with Crippen molar-refractivity contribution in [3.63, 3.8) is 0 Å². The highest BCUT2D eigenvalue weighted by molar-refractivity contribution is 5.80. The number of aliphatic hydroxyl groups is 1. The summed E-state index contributed by atoms with van der Waals surface area (Å²) < 4.78 is 0. The van der Waals surface area contributed by atoms with E-state index in [9.17, 15) is 9.90 Å². The van der Waals surface area contributed by atoms with E-state index in [0.717, 1.165) is 24.7 Å². The van der Waals surface area contributed by atoms with Gasteiger partial charge in [-0.1, -0.05) is 113 Å². The standard InChI is InChI=1S/C32H40O2/c1-3-5-7-9-11-29-21-32(28-19-15-26(24-34)16-20-28)30(12-10-8-6-4-2)22-31(29)27-17-13-25(23-33)14-18-27/h13-23,34H,3-12,24H2,1-2H3. The second-order valence-corrected chi connectivity index (χ2v) is 9.38. The number of aldehydes is 1. The van der Waals surface area contributed by atoms with Crippen molar-refractivity contribution in [2.45, 2.75) is 84.7 Å². The molecule has 3 aromatic carbocycles. The monoisotopic (exact) mass is 456 g/mol. The van der Waals surface area contributed by atoms with E-state index < -0.39 is 0 Å². The predicted molar refractivity (Wildman–Crippen MR) is 144 cm³/mol. The average Bonchev–Trinajstić information content (AvgIpc) is 2.89. The number of rotatable bonds is 14. The molecule has 0 radical (unpaired) electrons. The Balaban J connectivity index is 2.05. The normalized spacial score (nSPS) is 11.0. The van der Waals surface area contributed by atoms with E-state index >= 15 is 0 Å². The maximum Gasteiger partial charge on any atom is 0.150 e. The Morgan fingerprint density at radius 2 is 1.12 bits per heavy atom. The zero-order valence-corrected chi connectivity index (χ0v) is 21.0. The SMILES string of the molecule is CCCCCCc1cc(-c2ccc(CO)cc2)c(CCCCCC)cc1-c1ccc(C=O)cc1. The van der Waals surface area contributed by atoms with Gasteiger partial charge in [-0.05, 0) is 64.6 Å². The summed E-state index contributed by atoms with van der Waals surface area (Å²) in [7, 11) is 0. The topological polar surface area (TPSA) is 37.3 Å². The highest BCUT2D eigenvalue weighted by Crippen LogP contribution is 2.35. The van der Waals surface area contributed by atoms with Crippen molar-refractivity contribution in [2.24, 2.45) is 0 Å². The molecule has 0 saturated heterocycles. The lowest BCUT2D eigenvalue weighted by molar-refractivity contribution is 0.112. The number of aryl methyl sites for hydroxylation is 2. The fourth-order valence-electron chi connectivity index (χ4n) is 4.66. The summed E-state index contributed by atoms with van der Waals surface area (Å²) in [5.41, 5.74) is 9.46. The third kappa shape index (κ3) is 7.14. The highest BCUT2D eigenvalue weighted by atomic mass is 16.3. The highest BCUT2D eigenvalue weighted by Gasteiger charge is 2.14. The zero-order valence-electron chi connectivity index (χ0n) is 21.0. The van der Waals surface area contributed by atoms with Crippen molar-refractivity contribution in [3.05, 3.63) is 82.9 Å². The predicted octanol–water partition coefficient (Wildman–Crippen LogP) is 8.57. The molecule has 0 atom stereocenters. The number of unbranched alkanes of at least 4 members (excludes halogenated alkanes) is 6. The van der Waals surface area contributed by atoms with Crippen molar-refractivity contribution < 1.29 is 9.90 Å². The minimum Gasteiger partial charge on any atom is -0.392 e. The quantitative estimate of drug-likeness (QED) is 0.195. The molecule has 0 saturated carbocycles. The van der Waals surface area contributed by atoms with E-state index in [2.05, 4.69) is 50.2 Å². The molecule has 2 heteroatoms. The van der Waals surface area contributed by atoms with Crippen molar-refractivity contribution >= 4 is 6.29 Å². The Hall–Kier alpha value is -2.71. The summed E-state index contributed by atoms with van der Waals surface area (Å²) in [4.78, 5) is 11.2. The van der Waals surface area contributed by atoms with Crippen LogP contribution >= 0.6 is 0 Å². The number of carbonyl (C=O) groups is 1. The van der Waals surface area contributed by atoms with E-state index in [-0.39, 0.29) is 6.61 Å². The number of carbonyl (C=O) groups excluding carboxylic acids is 1. The van der Waals surface area contributed by atoms with Crippen LogP contribution < -0.4 is 0 Å². The minimum absolute atomic E-state index is 0.0720. The Bertz CT molecular complexity index is 1020. The Labute approximate surface area is 206 Å². The number of benzene rings is 3. The van der Waals surface area contributed by atoms with E-state index in [0.29, 0.717) is 5.56 Å². The van der Waals surface area contributed by atoms with Crippen LogP contribution in [0, 0.1) is 0 Å². The molecule has 0 spiro atoms. The molecule has 0 aliphatic carbocycles. The van der Waals surface area contributed by atoms with Gasteiger partial charge in [0.15, 0.2) is 0 Å². The van der Waals surface area contributed by atoms with Gasteiger partial charge in [-0.2, -0.15) is 0 Å². The van der Waals surface area contributed by atoms with Crippen molar-refractivity contribution in [1.82, 2.24) is 0 Å². The van der Waals surface area contributed by atoms with Crippen LogP contribution in [-0.2, 0) is 19.4 Å². The van der Waals surface area contributed by atoms with Crippen LogP contribution in [0.15, 0.2) is 60.7 Å². The number of hydrogen-bond acceptors (Lipinski definition) is 2. The molecule has 0 aliphatic heterocycles. The molecule has 0 unspecified atom stereocenters. The van der Waals surface area contributed by atoms with E-state index in [4.69, 9.17) is 0 Å². The maximum absolute atomic E-state index is 11.2.